The maximum atomic E-state index is 11.9. The van der Waals surface area contributed by atoms with E-state index in [0.717, 1.165) is 17.4 Å². The Bertz CT molecular complexity index is 344. The lowest BCUT2D eigenvalue weighted by molar-refractivity contribution is -0.0884. The Morgan fingerprint density at radius 1 is 1.38 bits per heavy atom. The van der Waals surface area contributed by atoms with Crippen LogP contribution in [0.2, 0.25) is 8.67 Å². The first kappa shape index (κ1) is 10.8. The highest BCUT2D eigenvalue weighted by Crippen LogP contribution is 2.34. The van der Waals surface area contributed by atoms with Gasteiger partial charge in [-0.1, -0.05) is 23.2 Å². The number of alkyl halides is 3. The molecule has 0 atom stereocenters. The zero-order valence-corrected chi connectivity index (χ0v) is 8.11. The molecule has 1 aromatic heterocycles. The predicted molar refractivity (Wildman–Crippen MR) is 44.7 cm³/mol. The van der Waals surface area contributed by atoms with E-state index in [2.05, 4.69) is 0 Å². The molecule has 1 nitrogen and oxygen atoms in total. The Labute approximate surface area is 85.1 Å². The van der Waals surface area contributed by atoms with Crippen molar-refractivity contribution in [3.63, 3.8) is 0 Å². The molecule has 0 aliphatic heterocycles. The van der Waals surface area contributed by atoms with Crippen molar-refractivity contribution in [3.05, 3.63) is 20.3 Å². The van der Waals surface area contributed by atoms with Crippen LogP contribution in [0.1, 0.15) is 10.4 Å². The highest BCUT2D eigenvalue weighted by Gasteiger charge is 2.41. The third-order valence-corrected chi connectivity index (χ3v) is 2.65. The van der Waals surface area contributed by atoms with Crippen LogP contribution in [0.3, 0.4) is 0 Å². The van der Waals surface area contributed by atoms with Crippen LogP contribution in [-0.4, -0.2) is 12.0 Å². The van der Waals surface area contributed by atoms with Gasteiger partial charge in [0.2, 0.25) is 0 Å². The molecule has 0 aromatic carbocycles. The minimum atomic E-state index is -4.91. The molecule has 72 valence electrons. The number of hydrogen-bond acceptors (Lipinski definition) is 2. The molecule has 1 heterocycles. The van der Waals surface area contributed by atoms with Crippen molar-refractivity contribution in [2.24, 2.45) is 0 Å². The van der Waals surface area contributed by atoms with Gasteiger partial charge < -0.3 is 0 Å². The molecule has 0 saturated heterocycles. The molecule has 0 amide bonds. The van der Waals surface area contributed by atoms with Crippen LogP contribution in [0.15, 0.2) is 6.07 Å². The lowest BCUT2D eigenvalue weighted by Crippen LogP contribution is -2.22. The van der Waals surface area contributed by atoms with Crippen molar-refractivity contribution in [2.45, 2.75) is 6.18 Å². The van der Waals surface area contributed by atoms with E-state index in [4.69, 9.17) is 23.2 Å². The van der Waals surface area contributed by atoms with Crippen LogP contribution in [0.5, 0.6) is 0 Å². The van der Waals surface area contributed by atoms with Gasteiger partial charge in [0.1, 0.15) is 4.34 Å². The van der Waals surface area contributed by atoms with Gasteiger partial charge in [-0.15, -0.1) is 11.3 Å². The number of thiophene rings is 1. The maximum Gasteiger partial charge on any atom is 0.454 e. The van der Waals surface area contributed by atoms with Gasteiger partial charge in [-0.2, -0.15) is 13.2 Å². The largest absolute Gasteiger partial charge is 0.454 e. The van der Waals surface area contributed by atoms with E-state index in [1.54, 1.807) is 0 Å². The van der Waals surface area contributed by atoms with Gasteiger partial charge in [-0.25, -0.2) is 0 Å². The highest BCUT2D eigenvalue weighted by atomic mass is 35.5. The lowest BCUT2D eigenvalue weighted by Gasteiger charge is -2.02. The fourth-order valence-electron chi connectivity index (χ4n) is 0.648. The number of carbonyl (C=O) groups excluding carboxylic acids is 1. The summed E-state index contributed by atoms with van der Waals surface area (Å²) < 4.78 is 35.4. The van der Waals surface area contributed by atoms with Gasteiger partial charge in [0.05, 0.1) is 9.90 Å². The highest BCUT2D eigenvalue weighted by molar-refractivity contribution is 7.20. The molecule has 0 fully saturated rings. The van der Waals surface area contributed by atoms with E-state index in [1.807, 2.05) is 0 Å². The molecular formula is C6HCl2F3OS. The fourth-order valence-corrected chi connectivity index (χ4v) is 2.11. The van der Waals surface area contributed by atoms with Crippen molar-refractivity contribution in [2.75, 3.05) is 0 Å². The Hall–Kier alpha value is -0.260. The van der Waals surface area contributed by atoms with Crippen molar-refractivity contribution < 1.29 is 18.0 Å². The van der Waals surface area contributed by atoms with E-state index in [-0.39, 0.29) is 8.67 Å². The second-order valence-electron chi connectivity index (χ2n) is 2.06. The zero-order valence-electron chi connectivity index (χ0n) is 5.78. The van der Waals surface area contributed by atoms with Crippen LogP contribution in [-0.2, 0) is 0 Å². The van der Waals surface area contributed by atoms with Crippen LogP contribution in [0.25, 0.3) is 0 Å². The summed E-state index contributed by atoms with van der Waals surface area (Å²) in [4.78, 5) is 10.6. The van der Waals surface area contributed by atoms with Crippen LogP contribution >= 0.6 is 34.5 Å². The first-order valence-corrected chi connectivity index (χ1v) is 4.46. The first-order chi connectivity index (χ1) is 5.82. The third-order valence-electron chi connectivity index (χ3n) is 1.16. The average molecular weight is 249 g/mol. The summed E-state index contributed by atoms with van der Waals surface area (Å²) in [5, 5.41) is 0. The SMILES string of the molecule is O=C(c1cc(Cl)sc1Cl)C(F)(F)F. The van der Waals surface area contributed by atoms with Crippen LogP contribution in [0.4, 0.5) is 13.2 Å². The van der Waals surface area contributed by atoms with Crippen molar-refractivity contribution in [3.8, 4) is 0 Å². The molecule has 0 bridgehead atoms. The number of ketones is 1. The van der Waals surface area contributed by atoms with Gasteiger partial charge in [0, 0.05) is 0 Å². The van der Waals surface area contributed by atoms with Gasteiger partial charge in [0.25, 0.3) is 5.78 Å². The van der Waals surface area contributed by atoms with Crippen molar-refractivity contribution in [1.29, 1.82) is 0 Å². The van der Waals surface area contributed by atoms with E-state index in [9.17, 15) is 18.0 Å². The fraction of sp³-hybridized carbons (Fsp3) is 0.167. The second kappa shape index (κ2) is 3.48. The number of hydrogen-bond donors (Lipinski definition) is 0. The van der Waals surface area contributed by atoms with Gasteiger partial charge >= 0.3 is 6.18 Å². The lowest BCUT2D eigenvalue weighted by atomic mass is 10.2. The number of halogens is 5. The molecule has 0 spiro atoms. The quantitative estimate of drug-likeness (QED) is 0.692. The standard InChI is InChI=1S/C6HCl2F3OS/c7-3-1-2(5(8)13-3)4(12)6(9,10)11/h1H. The predicted octanol–water partition coefficient (Wildman–Crippen LogP) is 3.80. The zero-order chi connectivity index (χ0) is 10.2. The molecule has 0 saturated carbocycles. The Morgan fingerprint density at radius 3 is 2.23 bits per heavy atom. The van der Waals surface area contributed by atoms with Crippen LogP contribution < -0.4 is 0 Å². The first-order valence-electron chi connectivity index (χ1n) is 2.88. The summed E-state index contributed by atoms with van der Waals surface area (Å²) in [6, 6.07) is 0.907. The average Bonchev–Trinajstić information content (AvgIpc) is 2.26. The molecule has 7 heteroatoms. The Morgan fingerprint density at radius 2 is 1.92 bits per heavy atom. The number of Topliss-reactive ketones (excluding diaryl/α,β-unsaturated/α-hetero) is 1. The van der Waals surface area contributed by atoms with E-state index in [1.165, 1.54) is 0 Å². The van der Waals surface area contributed by atoms with E-state index >= 15 is 0 Å². The minimum Gasteiger partial charge on any atom is -0.284 e. The molecule has 0 N–H and O–H groups in total. The molecule has 13 heavy (non-hydrogen) atoms. The van der Waals surface area contributed by atoms with Crippen LogP contribution in [0, 0.1) is 0 Å². The summed E-state index contributed by atoms with van der Waals surface area (Å²) in [7, 11) is 0. The van der Waals surface area contributed by atoms with Crippen molar-refractivity contribution in [1.82, 2.24) is 0 Å². The normalized spacial score (nSPS) is 11.8. The van der Waals surface area contributed by atoms with Gasteiger partial charge in [0.15, 0.2) is 0 Å². The molecule has 0 unspecified atom stereocenters. The maximum absolute atomic E-state index is 11.9. The molecule has 0 radical (unpaired) electrons. The summed E-state index contributed by atoms with van der Waals surface area (Å²) in [6.07, 6.45) is -4.91. The monoisotopic (exact) mass is 248 g/mol. The Balaban J connectivity index is 3.09. The summed E-state index contributed by atoms with van der Waals surface area (Å²) >= 11 is 11.5. The molecular weight excluding hydrogens is 248 g/mol. The van der Waals surface area contributed by atoms with Crippen molar-refractivity contribution >= 4 is 40.3 Å². The summed E-state index contributed by atoms with van der Waals surface area (Å²) in [5.41, 5.74) is -0.593. The minimum absolute atomic E-state index is 0.0533. The van der Waals surface area contributed by atoms with E-state index in [0.29, 0.717) is 0 Å². The molecule has 0 aliphatic rings. The number of carbonyl (C=O) groups is 1. The third kappa shape index (κ3) is 2.36. The Kier molecular flexibility index (Phi) is 2.89. The summed E-state index contributed by atoms with van der Waals surface area (Å²) in [5.74, 6) is -1.97. The molecule has 1 aromatic rings. The molecule has 0 aliphatic carbocycles. The summed E-state index contributed by atoms with van der Waals surface area (Å²) in [6.45, 7) is 0. The topological polar surface area (TPSA) is 17.1 Å². The van der Waals surface area contributed by atoms with Gasteiger partial charge in [-0.05, 0) is 6.07 Å². The second-order valence-corrected chi connectivity index (χ2v) is 4.35. The van der Waals surface area contributed by atoms with E-state index < -0.39 is 17.5 Å². The smallest absolute Gasteiger partial charge is 0.284 e. The number of rotatable bonds is 1. The molecule has 1 rings (SSSR count). The van der Waals surface area contributed by atoms with Gasteiger partial charge in [-0.3, -0.25) is 4.79 Å².